The van der Waals surface area contributed by atoms with Gasteiger partial charge in [0.1, 0.15) is 17.2 Å². The van der Waals surface area contributed by atoms with Crippen LogP contribution in [0.3, 0.4) is 0 Å². The fourth-order valence-electron chi connectivity index (χ4n) is 4.19. The van der Waals surface area contributed by atoms with E-state index in [9.17, 15) is 4.79 Å². The summed E-state index contributed by atoms with van der Waals surface area (Å²) in [5, 5.41) is 5.39. The van der Waals surface area contributed by atoms with Crippen LogP contribution in [0.4, 0.5) is 0 Å². The molecule has 8 heteroatoms. The number of carbonyl (C=O) groups is 1. The highest BCUT2D eigenvalue weighted by Crippen LogP contribution is 2.36. The molecule has 0 spiro atoms. The number of hydrogen-bond donors (Lipinski definition) is 0. The van der Waals surface area contributed by atoms with Gasteiger partial charge in [0.15, 0.2) is 0 Å². The number of benzene rings is 3. The number of hydrogen-bond acceptors (Lipinski definition) is 5. The van der Waals surface area contributed by atoms with Crippen LogP contribution in [-0.2, 0) is 6.54 Å². The van der Waals surface area contributed by atoms with Crippen molar-refractivity contribution in [2.24, 2.45) is 0 Å². The van der Waals surface area contributed by atoms with Crippen LogP contribution < -0.4 is 14.2 Å². The molecule has 4 aromatic rings. The summed E-state index contributed by atoms with van der Waals surface area (Å²) in [7, 11) is 3.23. The van der Waals surface area contributed by atoms with E-state index in [0.717, 1.165) is 35.5 Å². The molecule has 0 aliphatic heterocycles. The summed E-state index contributed by atoms with van der Waals surface area (Å²) in [6.45, 7) is 2.30. The molecule has 0 saturated heterocycles. The van der Waals surface area contributed by atoms with Gasteiger partial charge in [-0.15, -0.1) is 0 Å². The maximum absolute atomic E-state index is 13.6. The smallest absolute Gasteiger partial charge is 0.254 e. The lowest BCUT2D eigenvalue weighted by molar-refractivity contribution is 0.0728. The minimum absolute atomic E-state index is 0.0320. The van der Waals surface area contributed by atoms with Crippen LogP contribution in [0, 0.1) is 6.92 Å². The van der Waals surface area contributed by atoms with Gasteiger partial charge in [-0.05, 0) is 86.5 Å². The summed E-state index contributed by atoms with van der Waals surface area (Å²) in [6.07, 6.45) is 1.94. The van der Waals surface area contributed by atoms with Crippen LogP contribution in [0.15, 0.2) is 72.8 Å². The van der Waals surface area contributed by atoms with E-state index in [4.69, 9.17) is 30.9 Å². The van der Waals surface area contributed by atoms with Gasteiger partial charge in [-0.3, -0.25) is 4.79 Å². The molecule has 0 radical (unpaired) electrons. The topological polar surface area (TPSA) is 65.8 Å². The third kappa shape index (κ3) is 5.42. The van der Waals surface area contributed by atoms with Crippen molar-refractivity contribution in [1.29, 1.82) is 0 Å². The lowest BCUT2D eigenvalue weighted by atomic mass is 10.1. The van der Waals surface area contributed by atoms with Crippen molar-refractivity contribution in [3.05, 3.63) is 94.6 Å². The number of carbonyl (C=O) groups excluding carboxylic acids is 1. The molecule has 1 heterocycles. The van der Waals surface area contributed by atoms with E-state index in [2.05, 4.69) is 0 Å². The van der Waals surface area contributed by atoms with E-state index in [-0.39, 0.29) is 11.9 Å². The van der Waals surface area contributed by atoms with E-state index < -0.39 is 0 Å². The van der Waals surface area contributed by atoms with Crippen LogP contribution in [0.25, 0.3) is 5.69 Å². The van der Waals surface area contributed by atoms with Crippen molar-refractivity contribution >= 4 is 17.5 Å². The standard InChI is InChI=1S/C29H28ClN3O4/c1-19-27(18-32(22-9-10-22)28(34)20-7-11-24(35-2)12-8-20)29(37-26-15-13-25(36-3)14-16-26)33(31-19)23-6-4-5-21(30)17-23/h4-8,11-17,22H,9-10,18H2,1-3H3. The Labute approximate surface area is 221 Å². The average Bonchev–Trinajstić information content (AvgIpc) is 3.72. The molecule has 0 bridgehead atoms. The molecule has 0 N–H and O–H groups in total. The van der Waals surface area contributed by atoms with Crippen molar-refractivity contribution < 1.29 is 19.0 Å². The Morgan fingerprint density at radius 1 is 0.973 bits per heavy atom. The van der Waals surface area contributed by atoms with Gasteiger partial charge in [0, 0.05) is 16.6 Å². The average molecular weight is 518 g/mol. The highest BCUT2D eigenvalue weighted by atomic mass is 35.5. The summed E-state index contributed by atoms with van der Waals surface area (Å²) in [4.78, 5) is 15.5. The Kier molecular flexibility index (Phi) is 7.06. The summed E-state index contributed by atoms with van der Waals surface area (Å²) in [6, 6.07) is 22.2. The maximum Gasteiger partial charge on any atom is 0.254 e. The second-order valence-electron chi connectivity index (χ2n) is 8.93. The summed E-state index contributed by atoms with van der Waals surface area (Å²) < 4.78 is 18.7. The van der Waals surface area contributed by atoms with Gasteiger partial charge in [0.25, 0.3) is 5.91 Å². The first-order valence-corrected chi connectivity index (χ1v) is 12.5. The van der Waals surface area contributed by atoms with E-state index in [1.807, 2.05) is 60.4 Å². The molecular formula is C29H28ClN3O4. The zero-order chi connectivity index (χ0) is 25.9. The van der Waals surface area contributed by atoms with Gasteiger partial charge < -0.3 is 19.1 Å². The zero-order valence-corrected chi connectivity index (χ0v) is 21.7. The fourth-order valence-corrected chi connectivity index (χ4v) is 4.37. The van der Waals surface area contributed by atoms with Gasteiger partial charge in [0.2, 0.25) is 5.88 Å². The predicted molar refractivity (Wildman–Crippen MR) is 142 cm³/mol. The molecule has 1 aliphatic carbocycles. The number of nitrogens with zero attached hydrogens (tertiary/aromatic N) is 3. The second-order valence-corrected chi connectivity index (χ2v) is 9.37. The first-order chi connectivity index (χ1) is 18.0. The van der Waals surface area contributed by atoms with Crippen molar-refractivity contribution in [1.82, 2.24) is 14.7 Å². The highest BCUT2D eigenvalue weighted by molar-refractivity contribution is 6.30. The van der Waals surface area contributed by atoms with Crippen LogP contribution in [-0.4, -0.2) is 40.8 Å². The van der Waals surface area contributed by atoms with E-state index in [1.165, 1.54) is 0 Å². The van der Waals surface area contributed by atoms with Gasteiger partial charge in [-0.1, -0.05) is 17.7 Å². The Balaban J connectivity index is 1.53. The number of halogens is 1. The lowest BCUT2D eigenvalue weighted by Crippen LogP contribution is -2.32. The molecule has 7 nitrogen and oxygen atoms in total. The minimum atomic E-state index is -0.0320. The van der Waals surface area contributed by atoms with Crippen molar-refractivity contribution in [2.45, 2.75) is 32.4 Å². The van der Waals surface area contributed by atoms with Gasteiger partial charge >= 0.3 is 0 Å². The van der Waals surface area contributed by atoms with Gasteiger partial charge in [-0.2, -0.15) is 5.10 Å². The van der Waals surface area contributed by atoms with E-state index >= 15 is 0 Å². The van der Waals surface area contributed by atoms with Gasteiger partial charge in [0.05, 0.1) is 37.7 Å². The van der Waals surface area contributed by atoms with Crippen LogP contribution in [0.1, 0.15) is 34.5 Å². The number of aromatic nitrogens is 2. The second kappa shape index (κ2) is 10.6. The third-order valence-corrected chi connectivity index (χ3v) is 6.61. The molecular weight excluding hydrogens is 490 g/mol. The van der Waals surface area contributed by atoms with Crippen LogP contribution in [0.5, 0.6) is 23.1 Å². The molecule has 1 fully saturated rings. The molecule has 5 rings (SSSR count). The Morgan fingerprint density at radius 2 is 1.59 bits per heavy atom. The lowest BCUT2D eigenvalue weighted by Gasteiger charge is -2.23. The van der Waals surface area contributed by atoms with Crippen LogP contribution >= 0.6 is 11.6 Å². The summed E-state index contributed by atoms with van der Waals surface area (Å²) in [5.41, 5.74) is 3.00. The quantitative estimate of drug-likeness (QED) is 0.255. The number of methoxy groups -OCH3 is 2. The summed E-state index contributed by atoms with van der Waals surface area (Å²) >= 11 is 6.29. The number of ether oxygens (including phenoxy) is 3. The zero-order valence-electron chi connectivity index (χ0n) is 21.0. The molecule has 0 unspecified atom stereocenters. The van der Waals surface area contributed by atoms with Crippen molar-refractivity contribution in [3.8, 4) is 28.8 Å². The monoisotopic (exact) mass is 517 g/mol. The Bertz CT molecular complexity index is 1400. The SMILES string of the molecule is COc1ccc(Oc2c(CN(C(=O)c3ccc(OC)cc3)C3CC3)c(C)nn2-c2cccc(Cl)c2)cc1. The molecule has 1 saturated carbocycles. The normalized spacial score (nSPS) is 12.8. The van der Waals surface area contributed by atoms with Crippen molar-refractivity contribution in [3.63, 3.8) is 0 Å². The molecule has 1 amide bonds. The number of rotatable bonds is 9. The first-order valence-electron chi connectivity index (χ1n) is 12.1. The molecule has 37 heavy (non-hydrogen) atoms. The number of aryl methyl sites for hydroxylation is 1. The van der Waals surface area contributed by atoms with Crippen molar-refractivity contribution in [2.75, 3.05) is 14.2 Å². The fraction of sp³-hybridized carbons (Fsp3) is 0.241. The largest absolute Gasteiger partial charge is 0.497 e. The Morgan fingerprint density at radius 3 is 2.19 bits per heavy atom. The molecule has 190 valence electrons. The van der Waals surface area contributed by atoms with Crippen LogP contribution in [0.2, 0.25) is 5.02 Å². The molecule has 0 atom stereocenters. The van der Waals surface area contributed by atoms with Gasteiger partial charge in [-0.25, -0.2) is 4.68 Å². The van der Waals surface area contributed by atoms with E-state index in [1.54, 1.807) is 43.2 Å². The highest BCUT2D eigenvalue weighted by Gasteiger charge is 2.35. The summed E-state index contributed by atoms with van der Waals surface area (Å²) in [5.74, 6) is 2.58. The third-order valence-electron chi connectivity index (χ3n) is 6.38. The molecule has 3 aromatic carbocycles. The molecule has 1 aliphatic rings. The number of amides is 1. The maximum atomic E-state index is 13.6. The Hall–Kier alpha value is -3.97. The minimum Gasteiger partial charge on any atom is -0.497 e. The molecule has 1 aromatic heterocycles. The first kappa shape index (κ1) is 24.7. The van der Waals surface area contributed by atoms with E-state index in [0.29, 0.717) is 34.5 Å². The predicted octanol–water partition coefficient (Wildman–Crippen LogP) is 6.45.